The summed E-state index contributed by atoms with van der Waals surface area (Å²) in [4.78, 5) is 2.55. The summed E-state index contributed by atoms with van der Waals surface area (Å²) in [7, 11) is 2.28. The van der Waals surface area contributed by atoms with E-state index in [2.05, 4.69) is 31.9 Å². The van der Waals surface area contributed by atoms with Crippen LogP contribution in [0.3, 0.4) is 0 Å². The monoisotopic (exact) mass is 295 g/mol. The number of halogens is 1. The molecule has 2 aliphatic rings. The molecule has 3 unspecified atom stereocenters. The molecule has 1 saturated heterocycles. The number of aromatic hydroxyl groups is 1. The predicted octanol–water partition coefficient (Wildman–Crippen LogP) is 3.75. The molecule has 3 rings (SSSR count). The van der Waals surface area contributed by atoms with Gasteiger partial charge in [0.15, 0.2) is 0 Å². The molecule has 20 heavy (non-hydrogen) atoms. The number of fused-ring (bicyclic) bond motifs is 4. The van der Waals surface area contributed by atoms with Crippen molar-refractivity contribution in [3.63, 3.8) is 0 Å². The molecule has 2 bridgehead atoms. The second kappa shape index (κ2) is 5.57. The second-order valence-corrected chi connectivity index (χ2v) is 6.37. The van der Waals surface area contributed by atoms with E-state index < -0.39 is 0 Å². The molecule has 0 saturated carbocycles. The standard InChI is InChI=1S/C17H25NO.ClH/c1-4-14-16-10-12-6-7-13(19)11-15(12)17(14,5-2)8-9-18(16)3;/h6-7,11,14,16,19H,4-5,8-10H2,1-3H3;1H. The van der Waals surface area contributed by atoms with Crippen molar-refractivity contribution < 1.29 is 5.11 Å². The van der Waals surface area contributed by atoms with Crippen LogP contribution in [0, 0.1) is 5.92 Å². The molecule has 0 amide bonds. The number of likely N-dealkylation sites (N-methyl/N-ethyl adjacent to an activating group) is 1. The van der Waals surface area contributed by atoms with Crippen LogP contribution in [0.4, 0.5) is 0 Å². The first-order valence-corrected chi connectivity index (χ1v) is 7.65. The molecule has 3 atom stereocenters. The molecule has 1 N–H and O–H groups in total. The van der Waals surface area contributed by atoms with Gasteiger partial charge in [-0.1, -0.05) is 26.3 Å². The Kier molecular flexibility index (Phi) is 4.36. The lowest BCUT2D eigenvalue weighted by molar-refractivity contribution is 0.0257. The van der Waals surface area contributed by atoms with Gasteiger partial charge in [-0.3, -0.25) is 0 Å². The van der Waals surface area contributed by atoms with E-state index in [0.717, 1.165) is 12.3 Å². The Morgan fingerprint density at radius 2 is 2.10 bits per heavy atom. The average Bonchev–Trinajstić information content (AvgIpc) is 2.42. The molecule has 3 heteroatoms. The van der Waals surface area contributed by atoms with Crippen LogP contribution >= 0.6 is 12.4 Å². The van der Waals surface area contributed by atoms with Crippen LogP contribution in [-0.2, 0) is 11.8 Å². The highest BCUT2D eigenvalue weighted by Gasteiger charge is 2.50. The molecule has 0 spiro atoms. The number of benzene rings is 1. The minimum atomic E-state index is 0. The maximum Gasteiger partial charge on any atom is 0.115 e. The molecule has 1 fully saturated rings. The number of piperidine rings is 1. The van der Waals surface area contributed by atoms with E-state index in [1.54, 1.807) is 0 Å². The first-order chi connectivity index (χ1) is 9.12. The first kappa shape index (κ1) is 15.7. The molecule has 2 nitrogen and oxygen atoms in total. The van der Waals surface area contributed by atoms with E-state index in [0.29, 0.717) is 11.8 Å². The zero-order valence-corrected chi connectivity index (χ0v) is 13.5. The van der Waals surface area contributed by atoms with Crippen molar-refractivity contribution in [3.8, 4) is 5.75 Å². The number of rotatable bonds is 2. The highest BCUT2D eigenvalue weighted by molar-refractivity contribution is 5.85. The number of phenolic OH excluding ortho intramolecular Hbond substituents is 1. The van der Waals surface area contributed by atoms with E-state index >= 15 is 0 Å². The van der Waals surface area contributed by atoms with Crippen LogP contribution in [0.25, 0.3) is 0 Å². The number of nitrogens with zero attached hydrogens (tertiary/aromatic N) is 1. The second-order valence-electron chi connectivity index (χ2n) is 6.37. The Labute approximate surface area is 128 Å². The third kappa shape index (κ3) is 2.05. The number of hydrogen-bond acceptors (Lipinski definition) is 2. The van der Waals surface area contributed by atoms with Gasteiger partial charge in [0.05, 0.1) is 0 Å². The van der Waals surface area contributed by atoms with Crippen molar-refractivity contribution in [1.82, 2.24) is 4.90 Å². The highest BCUT2D eigenvalue weighted by Crippen LogP contribution is 2.52. The van der Waals surface area contributed by atoms with Gasteiger partial charge in [0.2, 0.25) is 0 Å². The van der Waals surface area contributed by atoms with Gasteiger partial charge in [-0.2, -0.15) is 0 Å². The number of likely N-dealkylation sites (tertiary alicyclic amines) is 1. The van der Waals surface area contributed by atoms with Crippen LogP contribution < -0.4 is 0 Å². The summed E-state index contributed by atoms with van der Waals surface area (Å²) < 4.78 is 0. The SMILES string of the molecule is CCC1C2Cc3ccc(O)cc3C1(CC)CCN2C.Cl. The molecule has 1 aliphatic heterocycles. The molecule has 1 aromatic rings. The Morgan fingerprint density at radius 1 is 1.35 bits per heavy atom. The Hall–Kier alpha value is -0.730. The van der Waals surface area contributed by atoms with Gasteiger partial charge in [0, 0.05) is 11.5 Å². The highest BCUT2D eigenvalue weighted by atomic mass is 35.5. The summed E-state index contributed by atoms with van der Waals surface area (Å²) in [5, 5.41) is 9.90. The van der Waals surface area contributed by atoms with Crippen LogP contribution in [-0.4, -0.2) is 29.6 Å². The van der Waals surface area contributed by atoms with E-state index in [1.165, 1.54) is 36.9 Å². The number of hydrogen-bond donors (Lipinski definition) is 1. The minimum Gasteiger partial charge on any atom is -0.508 e. The number of phenols is 1. The van der Waals surface area contributed by atoms with Crippen molar-refractivity contribution in [2.75, 3.05) is 13.6 Å². The fraction of sp³-hybridized carbons (Fsp3) is 0.647. The summed E-state index contributed by atoms with van der Waals surface area (Å²) in [5.74, 6) is 1.16. The van der Waals surface area contributed by atoms with Gasteiger partial charge < -0.3 is 10.0 Å². The normalized spacial score (nSPS) is 32.4. The smallest absolute Gasteiger partial charge is 0.115 e. The van der Waals surface area contributed by atoms with Crippen LogP contribution in [0.1, 0.15) is 44.2 Å². The summed E-state index contributed by atoms with van der Waals surface area (Å²) in [6, 6.07) is 6.72. The molecule has 1 aliphatic carbocycles. The predicted molar refractivity (Wildman–Crippen MR) is 85.8 cm³/mol. The van der Waals surface area contributed by atoms with Crippen LogP contribution in [0.15, 0.2) is 18.2 Å². The van der Waals surface area contributed by atoms with Crippen molar-refractivity contribution in [1.29, 1.82) is 0 Å². The quantitative estimate of drug-likeness (QED) is 0.898. The van der Waals surface area contributed by atoms with E-state index in [4.69, 9.17) is 0 Å². The average molecular weight is 296 g/mol. The van der Waals surface area contributed by atoms with Gasteiger partial charge >= 0.3 is 0 Å². The lowest BCUT2D eigenvalue weighted by Crippen LogP contribution is -2.58. The minimum absolute atomic E-state index is 0. The molecule has 112 valence electrons. The van der Waals surface area contributed by atoms with Gasteiger partial charge in [-0.05, 0) is 62.0 Å². The van der Waals surface area contributed by atoms with E-state index in [1.807, 2.05) is 12.1 Å². The maximum absolute atomic E-state index is 9.90. The van der Waals surface area contributed by atoms with Gasteiger partial charge in [-0.15, -0.1) is 12.4 Å². The van der Waals surface area contributed by atoms with Gasteiger partial charge in [-0.25, -0.2) is 0 Å². The third-order valence-corrected chi connectivity index (χ3v) is 5.78. The van der Waals surface area contributed by atoms with E-state index in [-0.39, 0.29) is 17.8 Å². The molecule has 0 radical (unpaired) electrons. The zero-order chi connectivity index (χ0) is 13.6. The summed E-state index contributed by atoms with van der Waals surface area (Å²) >= 11 is 0. The van der Waals surface area contributed by atoms with Gasteiger partial charge in [0.1, 0.15) is 5.75 Å². The molecule has 0 aromatic heterocycles. The lowest BCUT2D eigenvalue weighted by atomic mass is 9.55. The first-order valence-electron chi connectivity index (χ1n) is 7.65. The zero-order valence-electron chi connectivity index (χ0n) is 12.7. The Bertz CT molecular complexity index is 490. The third-order valence-electron chi connectivity index (χ3n) is 5.78. The Morgan fingerprint density at radius 3 is 2.75 bits per heavy atom. The molecule has 1 aromatic carbocycles. The largest absolute Gasteiger partial charge is 0.508 e. The van der Waals surface area contributed by atoms with Crippen molar-refractivity contribution in [3.05, 3.63) is 29.3 Å². The fourth-order valence-electron chi connectivity index (χ4n) is 4.76. The molecule has 1 heterocycles. The Balaban J connectivity index is 0.00000147. The van der Waals surface area contributed by atoms with Crippen LogP contribution in [0.5, 0.6) is 5.75 Å². The summed E-state index contributed by atoms with van der Waals surface area (Å²) in [6.45, 7) is 5.84. The topological polar surface area (TPSA) is 23.5 Å². The van der Waals surface area contributed by atoms with Crippen molar-refractivity contribution in [2.45, 2.75) is 51.0 Å². The lowest BCUT2D eigenvalue weighted by Gasteiger charge is -2.56. The summed E-state index contributed by atoms with van der Waals surface area (Å²) in [6.07, 6.45) is 4.79. The molecular formula is C17H26ClNO. The van der Waals surface area contributed by atoms with Crippen molar-refractivity contribution in [2.24, 2.45) is 5.92 Å². The van der Waals surface area contributed by atoms with E-state index in [9.17, 15) is 5.11 Å². The molecular weight excluding hydrogens is 270 g/mol. The maximum atomic E-state index is 9.90. The van der Waals surface area contributed by atoms with Crippen molar-refractivity contribution >= 4 is 12.4 Å². The fourth-order valence-corrected chi connectivity index (χ4v) is 4.76. The summed E-state index contributed by atoms with van der Waals surface area (Å²) in [5.41, 5.74) is 3.19. The van der Waals surface area contributed by atoms with Gasteiger partial charge in [0.25, 0.3) is 0 Å². The van der Waals surface area contributed by atoms with Crippen LogP contribution in [0.2, 0.25) is 0 Å².